The van der Waals surface area contributed by atoms with E-state index in [0.717, 1.165) is 11.1 Å². The van der Waals surface area contributed by atoms with Crippen molar-refractivity contribution in [1.82, 2.24) is 9.62 Å². The number of nitrogens with one attached hydrogen (secondary N) is 1. The number of halogens is 1. The third-order valence-corrected chi connectivity index (χ3v) is 7.58. The second-order valence-corrected chi connectivity index (χ2v) is 9.69. The van der Waals surface area contributed by atoms with Crippen molar-refractivity contribution in [2.45, 2.75) is 38.1 Å². The molecule has 1 amide bonds. The molecule has 2 aromatic carbocycles. The molecule has 1 N–H and O–H groups in total. The van der Waals surface area contributed by atoms with Crippen LogP contribution in [0.25, 0.3) is 0 Å². The summed E-state index contributed by atoms with van der Waals surface area (Å²) >= 11 is 6.13. The minimum atomic E-state index is -3.60. The molecule has 8 heteroatoms. The molecule has 2 aromatic rings. The van der Waals surface area contributed by atoms with Gasteiger partial charge in [0.15, 0.2) is 0 Å². The lowest BCUT2D eigenvalue weighted by molar-refractivity contribution is -0.126. The Labute approximate surface area is 183 Å². The number of aryl methyl sites for hydroxylation is 1. The maximum atomic E-state index is 13.0. The topological polar surface area (TPSA) is 75.7 Å². The van der Waals surface area contributed by atoms with Crippen molar-refractivity contribution in [2.75, 3.05) is 19.7 Å². The van der Waals surface area contributed by atoms with Gasteiger partial charge in [-0.2, -0.15) is 4.31 Å². The van der Waals surface area contributed by atoms with Crippen molar-refractivity contribution in [2.24, 2.45) is 5.92 Å². The molecule has 0 aliphatic carbocycles. The minimum Gasteiger partial charge on any atom is -0.494 e. The summed E-state index contributed by atoms with van der Waals surface area (Å²) in [6.07, 6.45) is 0.979. The number of nitrogens with zero attached hydrogens (tertiary/aromatic N) is 1. The number of amides is 1. The van der Waals surface area contributed by atoms with Crippen LogP contribution in [0, 0.1) is 12.8 Å². The average Bonchev–Trinajstić information content (AvgIpc) is 2.74. The molecule has 1 saturated heterocycles. The lowest BCUT2D eigenvalue weighted by Gasteiger charge is -2.30. The van der Waals surface area contributed by atoms with Crippen molar-refractivity contribution in [3.05, 3.63) is 58.6 Å². The van der Waals surface area contributed by atoms with Gasteiger partial charge >= 0.3 is 0 Å². The first-order valence-electron chi connectivity index (χ1n) is 10.1. The van der Waals surface area contributed by atoms with Crippen LogP contribution in [0.3, 0.4) is 0 Å². The fraction of sp³-hybridized carbons (Fsp3) is 0.409. The zero-order chi connectivity index (χ0) is 21.7. The van der Waals surface area contributed by atoms with Crippen LogP contribution in [-0.4, -0.2) is 38.3 Å². The number of piperidine rings is 1. The highest BCUT2D eigenvalue weighted by molar-refractivity contribution is 7.89. The number of rotatable bonds is 7. The Morgan fingerprint density at radius 2 is 1.90 bits per heavy atom. The van der Waals surface area contributed by atoms with Crippen LogP contribution < -0.4 is 10.1 Å². The lowest BCUT2D eigenvalue weighted by Crippen LogP contribution is -2.42. The van der Waals surface area contributed by atoms with Crippen LogP contribution in [0.15, 0.2) is 47.4 Å². The molecule has 0 bridgehead atoms. The summed E-state index contributed by atoms with van der Waals surface area (Å²) < 4.78 is 33.0. The number of ether oxygens (including phenoxy) is 1. The van der Waals surface area contributed by atoms with Gasteiger partial charge in [0.25, 0.3) is 0 Å². The Bertz CT molecular complexity index is 1000. The second-order valence-electron chi connectivity index (χ2n) is 7.35. The number of hydrogen-bond donors (Lipinski definition) is 1. The zero-order valence-corrected chi connectivity index (χ0v) is 18.8. The summed E-state index contributed by atoms with van der Waals surface area (Å²) in [6.45, 7) is 5.25. The molecule has 0 unspecified atom stereocenters. The fourth-order valence-electron chi connectivity index (χ4n) is 3.58. The molecule has 1 aliphatic heterocycles. The molecule has 0 saturated carbocycles. The van der Waals surface area contributed by atoms with Gasteiger partial charge in [-0.15, -0.1) is 0 Å². The van der Waals surface area contributed by atoms with Crippen molar-refractivity contribution in [1.29, 1.82) is 0 Å². The largest absolute Gasteiger partial charge is 0.494 e. The molecule has 162 valence electrons. The Kier molecular flexibility index (Phi) is 7.39. The molecule has 0 atom stereocenters. The number of hydrogen-bond acceptors (Lipinski definition) is 4. The maximum absolute atomic E-state index is 13.0. The van der Waals surface area contributed by atoms with E-state index in [1.165, 1.54) is 4.31 Å². The molecule has 6 nitrogen and oxygen atoms in total. The van der Waals surface area contributed by atoms with Gasteiger partial charge in [-0.05, 0) is 62.1 Å². The van der Waals surface area contributed by atoms with Gasteiger partial charge in [-0.25, -0.2) is 8.42 Å². The zero-order valence-electron chi connectivity index (χ0n) is 17.2. The summed E-state index contributed by atoms with van der Waals surface area (Å²) in [6, 6.07) is 12.3. The maximum Gasteiger partial charge on any atom is 0.243 e. The Morgan fingerprint density at radius 1 is 1.20 bits per heavy atom. The summed E-state index contributed by atoms with van der Waals surface area (Å²) in [5, 5.41) is 3.53. The quantitative estimate of drug-likeness (QED) is 0.696. The predicted molar refractivity (Wildman–Crippen MR) is 117 cm³/mol. The first kappa shape index (κ1) is 22.6. The SMILES string of the molecule is CCOc1ccc(S(=O)(=O)N2CCC(C(=O)NCc3ccccc3Cl)CC2)cc1C. The molecule has 0 radical (unpaired) electrons. The van der Waals surface area contributed by atoms with Crippen LogP contribution >= 0.6 is 11.6 Å². The normalized spacial score (nSPS) is 15.7. The van der Waals surface area contributed by atoms with E-state index in [1.807, 2.05) is 32.0 Å². The second kappa shape index (κ2) is 9.81. The van der Waals surface area contributed by atoms with Crippen LogP contribution in [0.2, 0.25) is 5.02 Å². The van der Waals surface area contributed by atoms with Crippen molar-refractivity contribution in [3.63, 3.8) is 0 Å². The lowest BCUT2D eigenvalue weighted by atomic mass is 9.97. The van der Waals surface area contributed by atoms with E-state index in [2.05, 4.69) is 5.32 Å². The first-order chi connectivity index (χ1) is 14.3. The average molecular weight is 451 g/mol. The predicted octanol–water partition coefficient (Wildman–Crippen LogP) is 3.76. The molecular weight excluding hydrogens is 424 g/mol. The molecular formula is C22H27ClN2O4S. The van der Waals surface area contributed by atoms with Gasteiger partial charge in [-0.3, -0.25) is 4.79 Å². The number of sulfonamides is 1. The van der Waals surface area contributed by atoms with Crippen LogP contribution in [0.4, 0.5) is 0 Å². The molecule has 1 fully saturated rings. The van der Waals surface area contributed by atoms with E-state index in [1.54, 1.807) is 24.3 Å². The Balaban J connectivity index is 1.58. The first-order valence-corrected chi connectivity index (χ1v) is 11.9. The standard InChI is InChI=1S/C22H27ClN2O4S/c1-3-29-21-9-8-19(14-16(21)2)30(27,28)25-12-10-17(11-13-25)22(26)24-15-18-6-4-5-7-20(18)23/h4-9,14,17H,3,10-13,15H2,1-2H3,(H,24,26). The van der Waals surface area contributed by atoms with Crippen molar-refractivity contribution >= 4 is 27.5 Å². The molecule has 1 aliphatic rings. The fourth-order valence-corrected chi connectivity index (χ4v) is 5.33. The van der Waals surface area contributed by atoms with E-state index >= 15 is 0 Å². The smallest absolute Gasteiger partial charge is 0.243 e. The highest BCUT2D eigenvalue weighted by atomic mass is 35.5. The summed E-state index contributed by atoms with van der Waals surface area (Å²) in [5.41, 5.74) is 1.64. The van der Waals surface area contributed by atoms with Crippen molar-refractivity contribution < 1.29 is 17.9 Å². The summed E-state index contributed by atoms with van der Waals surface area (Å²) in [4.78, 5) is 12.8. The monoisotopic (exact) mass is 450 g/mol. The van der Waals surface area contributed by atoms with Crippen LogP contribution in [-0.2, 0) is 21.4 Å². The molecule has 30 heavy (non-hydrogen) atoms. The number of carbonyl (C=O) groups is 1. The van der Waals surface area contributed by atoms with Gasteiger partial charge < -0.3 is 10.1 Å². The van der Waals surface area contributed by atoms with E-state index in [9.17, 15) is 13.2 Å². The summed E-state index contributed by atoms with van der Waals surface area (Å²) in [5.74, 6) is 0.412. The van der Waals surface area contributed by atoms with Crippen LogP contribution in [0.5, 0.6) is 5.75 Å². The highest BCUT2D eigenvalue weighted by Gasteiger charge is 2.32. The van der Waals surface area contributed by atoms with Gasteiger partial charge in [0.2, 0.25) is 15.9 Å². The summed E-state index contributed by atoms with van der Waals surface area (Å²) in [7, 11) is -3.60. The molecule has 0 aromatic heterocycles. The van der Waals surface area contributed by atoms with Crippen molar-refractivity contribution in [3.8, 4) is 5.75 Å². The third-order valence-electron chi connectivity index (χ3n) is 5.32. The van der Waals surface area contributed by atoms with Gasteiger partial charge in [0, 0.05) is 30.6 Å². The molecule has 3 rings (SSSR count). The number of benzene rings is 2. The molecule has 0 spiro atoms. The van der Waals surface area contributed by atoms with Crippen LogP contribution in [0.1, 0.15) is 30.9 Å². The minimum absolute atomic E-state index is 0.0659. The Morgan fingerprint density at radius 3 is 2.53 bits per heavy atom. The van der Waals surface area contributed by atoms with E-state index < -0.39 is 10.0 Å². The van der Waals surface area contributed by atoms with E-state index in [0.29, 0.717) is 49.9 Å². The Hall–Kier alpha value is -2.09. The van der Waals surface area contributed by atoms with E-state index in [-0.39, 0.29) is 16.7 Å². The van der Waals surface area contributed by atoms with E-state index in [4.69, 9.17) is 16.3 Å². The number of carbonyl (C=O) groups excluding carboxylic acids is 1. The van der Waals surface area contributed by atoms with Gasteiger partial charge in [0.1, 0.15) is 5.75 Å². The van der Waals surface area contributed by atoms with Gasteiger partial charge in [0.05, 0.1) is 11.5 Å². The highest BCUT2D eigenvalue weighted by Crippen LogP contribution is 2.27. The third kappa shape index (κ3) is 5.14. The molecule has 1 heterocycles. The van der Waals surface area contributed by atoms with Gasteiger partial charge in [-0.1, -0.05) is 29.8 Å².